The third-order valence-electron chi connectivity index (χ3n) is 3.06. The van der Waals surface area contributed by atoms with Crippen molar-refractivity contribution < 1.29 is 14.6 Å². The number of thiazole rings is 1. The molecule has 2 aromatic heterocycles. The zero-order valence-corrected chi connectivity index (χ0v) is 13.4. The van der Waals surface area contributed by atoms with Gasteiger partial charge in [0.05, 0.1) is 23.7 Å². The van der Waals surface area contributed by atoms with E-state index in [2.05, 4.69) is 20.9 Å². The number of carbonyl (C=O) groups is 1. The van der Waals surface area contributed by atoms with Crippen molar-refractivity contribution in [2.24, 2.45) is 0 Å². The zero-order valence-electron chi connectivity index (χ0n) is 11.0. The Morgan fingerprint density at radius 3 is 3.00 bits per heavy atom. The lowest BCUT2D eigenvalue weighted by Gasteiger charge is -2.04. The molecule has 2 heterocycles. The number of hydrogen-bond donors (Lipinski definition) is 1. The first kappa shape index (κ1) is 14.1. The van der Waals surface area contributed by atoms with Crippen molar-refractivity contribution >= 4 is 38.2 Å². The Balaban J connectivity index is 2.03. The van der Waals surface area contributed by atoms with Gasteiger partial charge in [-0.25, -0.2) is 4.98 Å². The highest BCUT2D eigenvalue weighted by atomic mass is 79.9. The molecule has 108 valence electrons. The second-order valence-electron chi connectivity index (χ2n) is 4.43. The van der Waals surface area contributed by atoms with Crippen LogP contribution in [0.15, 0.2) is 34.2 Å². The summed E-state index contributed by atoms with van der Waals surface area (Å²) in [6.07, 6.45) is 1.85. The van der Waals surface area contributed by atoms with E-state index in [4.69, 9.17) is 9.84 Å². The number of nitrogens with zero attached hydrogens (tertiary/aromatic N) is 2. The molecule has 0 aliphatic rings. The molecule has 0 saturated heterocycles. The van der Waals surface area contributed by atoms with Crippen molar-refractivity contribution in [2.75, 3.05) is 7.11 Å². The smallest absolute Gasteiger partial charge is 0.309 e. The second-order valence-corrected chi connectivity index (χ2v) is 6.12. The van der Waals surface area contributed by atoms with Crippen molar-refractivity contribution in [2.45, 2.75) is 6.42 Å². The normalized spacial score (nSPS) is 11.0. The maximum absolute atomic E-state index is 10.9. The zero-order chi connectivity index (χ0) is 15.0. The number of carboxylic acids is 1. The molecule has 0 fully saturated rings. The number of benzene rings is 1. The molecule has 1 N–H and O–H groups in total. The molecule has 3 rings (SSSR count). The minimum Gasteiger partial charge on any atom is -0.496 e. The van der Waals surface area contributed by atoms with Crippen LogP contribution in [0.2, 0.25) is 0 Å². The maximum Gasteiger partial charge on any atom is 0.309 e. The predicted molar refractivity (Wildman–Crippen MR) is 84.1 cm³/mol. The lowest BCUT2D eigenvalue weighted by Crippen LogP contribution is -2.02. The summed E-state index contributed by atoms with van der Waals surface area (Å²) in [7, 11) is 1.62. The van der Waals surface area contributed by atoms with Gasteiger partial charge in [0.25, 0.3) is 0 Å². The van der Waals surface area contributed by atoms with Gasteiger partial charge in [0, 0.05) is 22.8 Å². The van der Waals surface area contributed by atoms with Gasteiger partial charge in [-0.1, -0.05) is 0 Å². The number of aromatic nitrogens is 2. The number of ether oxygens (including phenoxy) is 1. The average Bonchev–Trinajstić information content (AvgIpc) is 3.00. The molecule has 21 heavy (non-hydrogen) atoms. The van der Waals surface area contributed by atoms with Crippen molar-refractivity contribution in [1.82, 2.24) is 9.38 Å². The van der Waals surface area contributed by atoms with E-state index in [1.54, 1.807) is 7.11 Å². The topological polar surface area (TPSA) is 63.8 Å². The first-order chi connectivity index (χ1) is 10.1. The first-order valence-electron chi connectivity index (χ1n) is 6.09. The largest absolute Gasteiger partial charge is 0.496 e. The summed E-state index contributed by atoms with van der Waals surface area (Å²) in [6, 6.07) is 5.72. The number of halogens is 1. The summed E-state index contributed by atoms with van der Waals surface area (Å²) < 4.78 is 7.88. The highest BCUT2D eigenvalue weighted by Gasteiger charge is 2.12. The van der Waals surface area contributed by atoms with Gasteiger partial charge in [-0.2, -0.15) is 0 Å². The van der Waals surface area contributed by atoms with Crippen LogP contribution in [-0.4, -0.2) is 27.6 Å². The molecular formula is C14H11BrN2O3S. The van der Waals surface area contributed by atoms with Gasteiger partial charge >= 0.3 is 5.97 Å². The Kier molecular flexibility index (Phi) is 3.69. The van der Waals surface area contributed by atoms with Crippen LogP contribution in [0.25, 0.3) is 16.2 Å². The van der Waals surface area contributed by atoms with Crippen LogP contribution >= 0.6 is 27.3 Å². The van der Waals surface area contributed by atoms with E-state index < -0.39 is 5.97 Å². The van der Waals surface area contributed by atoms with Crippen LogP contribution in [0.1, 0.15) is 5.69 Å². The molecular weight excluding hydrogens is 356 g/mol. The van der Waals surface area contributed by atoms with E-state index in [0.29, 0.717) is 0 Å². The van der Waals surface area contributed by atoms with Crippen LogP contribution in [0.4, 0.5) is 0 Å². The monoisotopic (exact) mass is 366 g/mol. The maximum atomic E-state index is 10.9. The number of rotatable bonds is 4. The fraction of sp³-hybridized carbons (Fsp3) is 0.143. The van der Waals surface area contributed by atoms with Gasteiger partial charge in [0.1, 0.15) is 5.75 Å². The summed E-state index contributed by atoms with van der Waals surface area (Å²) in [5.74, 6) is -0.0940. The van der Waals surface area contributed by atoms with Crippen molar-refractivity contribution in [1.29, 1.82) is 0 Å². The first-order valence-corrected chi connectivity index (χ1v) is 7.77. The third kappa shape index (κ3) is 2.66. The highest BCUT2D eigenvalue weighted by molar-refractivity contribution is 9.10. The highest BCUT2D eigenvalue weighted by Crippen LogP contribution is 2.31. The van der Waals surface area contributed by atoms with E-state index >= 15 is 0 Å². The van der Waals surface area contributed by atoms with E-state index in [1.165, 1.54) is 11.3 Å². The standard InChI is InChI=1S/C14H11BrN2O3S/c1-20-12-3-2-8(4-10(12)15)11-6-17-9(5-13(18)19)7-21-14(17)16-11/h2-4,6-7H,5H2,1H3,(H,18,19). The molecule has 0 amide bonds. The van der Waals surface area contributed by atoms with Gasteiger partial charge in [0.2, 0.25) is 0 Å². The van der Waals surface area contributed by atoms with E-state index in [-0.39, 0.29) is 6.42 Å². The van der Waals surface area contributed by atoms with Crippen LogP contribution < -0.4 is 4.74 Å². The van der Waals surface area contributed by atoms with Crippen LogP contribution in [0.3, 0.4) is 0 Å². The quantitative estimate of drug-likeness (QED) is 0.767. The Labute approximate surface area is 132 Å². The van der Waals surface area contributed by atoms with Crippen molar-refractivity contribution in [3.8, 4) is 17.0 Å². The van der Waals surface area contributed by atoms with Gasteiger partial charge in [-0.3, -0.25) is 9.20 Å². The van der Waals surface area contributed by atoms with Crippen molar-refractivity contribution in [3.63, 3.8) is 0 Å². The molecule has 0 spiro atoms. The fourth-order valence-corrected chi connectivity index (χ4v) is 3.49. The summed E-state index contributed by atoms with van der Waals surface area (Å²) >= 11 is 4.89. The lowest BCUT2D eigenvalue weighted by molar-refractivity contribution is -0.136. The molecule has 0 radical (unpaired) electrons. The van der Waals surface area contributed by atoms with Crippen LogP contribution in [-0.2, 0) is 11.2 Å². The van der Waals surface area contributed by atoms with E-state index in [0.717, 1.165) is 32.1 Å². The van der Waals surface area contributed by atoms with Crippen LogP contribution in [0, 0.1) is 0 Å². The minimum atomic E-state index is -0.850. The Morgan fingerprint density at radius 2 is 2.33 bits per heavy atom. The number of aliphatic carboxylic acids is 1. The van der Waals surface area contributed by atoms with Gasteiger partial charge in [-0.15, -0.1) is 11.3 Å². The Morgan fingerprint density at radius 1 is 1.52 bits per heavy atom. The molecule has 0 unspecified atom stereocenters. The van der Waals surface area contributed by atoms with Gasteiger partial charge in [-0.05, 0) is 34.1 Å². The minimum absolute atomic E-state index is 0.0118. The number of methoxy groups -OCH3 is 1. The predicted octanol–water partition coefficient (Wildman–Crippen LogP) is 3.46. The number of imidazole rings is 1. The van der Waals surface area contributed by atoms with Crippen LogP contribution in [0.5, 0.6) is 5.75 Å². The summed E-state index contributed by atoms with van der Waals surface area (Å²) in [5, 5.41) is 10.7. The van der Waals surface area contributed by atoms with Gasteiger partial charge < -0.3 is 9.84 Å². The molecule has 0 atom stereocenters. The molecule has 5 nitrogen and oxygen atoms in total. The lowest BCUT2D eigenvalue weighted by atomic mass is 10.1. The Hall–Kier alpha value is -1.86. The molecule has 3 aromatic rings. The van der Waals surface area contributed by atoms with E-state index in [9.17, 15) is 4.79 Å². The number of hydrogen-bond acceptors (Lipinski definition) is 4. The molecule has 7 heteroatoms. The molecule has 0 bridgehead atoms. The fourth-order valence-electron chi connectivity index (χ4n) is 2.08. The summed E-state index contributed by atoms with van der Waals surface area (Å²) in [6.45, 7) is 0. The Bertz CT molecular complexity index is 825. The SMILES string of the molecule is COc1ccc(-c2cn3c(CC(=O)O)csc3n2)cc1Br. The third-order valence-corrected chi connectivity index (χ3v) is 4.57. The number of fused-ring (bicyclic) bond motifs is 1. The van der Waals surface area contributed by atoms with Gasteiger partial charge in [0.15, 0.2) is 4.96 Å². The number of carboxylic acid groups (broad SMARTS) is 1. The van der Waals surface area contributed by atoms with Crippen molar-refractivity contribution in [3.05, 3.63) is 39.9 Å². The summed E-state index contributed by atoms with van der Waals surface area (Å²) in [5.41, 5.74) is 2.48. The molecule has 0 aliphatic carbocycles. The molecule has 1 aromatic carbocycles. The molecule has 0 aliphatic heterocycles. The average molecular weight is 367 g/mol. The second kappa shape index (κ2) is 5.50. The summed E-state index contributed by atoms with van der Waals surface area (Å²) in [4.78, 5) is 16.2. The van der Waals surface area contributed by atoms with E-state index in [1.807, 2.05) is 34.2 Å². The molecule has 0 saturated carbocycles.